The molecule has 8 nitrogen and oxygen atoms in total. The van der Waals surface area contributed by atoms with Gasteiger partial charge >= 0.3 is 12.0 Å². The molecule has 1 aromatic rings. The van der Waals surface area contributed by atoms with Gasteiger partial charge in [-0.05, 0) is 25.5 Å². The van der Waals surface area contributed by atoms with Gasteiger partial charge < -0.3 is 10.1 Å². The number of amides is 4. The standard InChI is InChI=1S/C17H19N3O5/c1-10-11(15(22)20(2)17(24)18-10)8-9-14(21)19-13-7-5-4-6-12(13)16(23)25-3/h4-7,11H,8-9H2,1-3H3,(H,19,21). The molecular formula is C17H19N3O5. The number of ether oxygens (including phenoxy) is 1. The largest absolute Gasteiger partial charge is 0.465 e. The van der Waals surface area contributed by atoms with Crippen molar-refractivity contribution in [3.05, 3.63) is 29.8 Å². The van der Waals surface area contributed by atoms with E-state index in [0.717, 1.165) is 4.90 Å². The summed E-state index contributed by atoms with van der Waals surface area (Å²) in [5.74, 6) is -1.89. The second-order valence-electron chi connectivity index (χ2n) is 5.61. The first kappa shape index (κ1) is 18.3. The minimum absolute atomic E-state index is 0.0425. The van der Waals surface area contributed by atoms with Crippen molar-refractivity contribution in [2.45, 2.75) is 19.8 Å². The highest BCUT2D eigenvalue weighted by molar-refractivity contribution is 6.15. The average Bonchev–Trinajstić information content (AvgIpc) is 2.59. The molecule has 1 N–H and O–H groups in total. The Hall–Kier alpha value is -3.03. The number of rotatable bonds is 5. The number of imide groups is 1. The van der Waals surface area contributed by atoms with E-state index in [2.05, 4.69) is 15.0 Å². The Kier molecular flexibility index (Phi) is 5.63. The lowest BCUT2D eigenvalue weighted by molar-refractivity contribution is -0.129. The van der Waals surface area contributed by atoms with Crippen LogP contribution in [-0.2, 0) is 14.3 Å². The van der Waals surface area contributed by atoms with Crippen molar-refractivity contribution in [3.63, 3.8) is 0 Å². The van der Waals surface area contributed by atoms with Gasteiger partial charge in [0.1, 0.15) is 0 Å². The molecule has 0 fully saturated rings. The van der Waals surface area contributed by atoms with Crippen LogP contribution in [0, 0.1) is 5.92 Å². The van der Waals surface area contributed by atoms with Crippen LogP contribution in [0.25, 0.3) is 0 Å². The minimum Gasteiger partial charge on any atom is -0.465 e. The zero-order valence-electron chi connectivity index (χ0n) is 14.2. The van der Waals surface area contributed by atoms with Gasteiger partial charge in [0.05, 0.1) is 24.3 Å². The number of nitrogens with zero attached hydrogens (tertiary/aromatic N) is 2. The Morgan fingerprint density at radius 3 is 2.64 bits per heavy atom. The van der Waals surface area contributed by atoms with Crippen LogP contribution < -0.4 is 5.32 Å². The summed E-state index contributed by atoms with van der Waals surface area (Å²) < 4.78 is 4.68. The number of nitrogens with one attached hydrogen (secondary N) is 1. The number of carbonyl (C=O) groups excluding carboxylic acids is 4. The lowest BCUT2D eigenvalue weighted by Crippen LogP contribution is -2.43. The van der Waals surface area contributed by atoms with Crippen molar-refractivity contribution < 1.29 is 23.9 Å². The first-order chi connectivity index (χ1) is 11.8. The molecule has 0 bridgehead atoms. The predicted octanol–water partition coefficient (Wildman–Crippen LogP) is 1.86. The molecule has 132 valence electrons. The normalized spacial score (nSPS) is 17.2. The molecule has 0 saturated carbocycles. The lowest BCUT2D eigenvalue weighted by Gasteiger charge is -2.25. The van der Waals surface area contributed by atoms with Gasteiger partial charge in [-0.2, -0.15) is 0 Å². The molecule has 1 heterocycles. The first-order valence-electron chi connectivity index (χ1n) is 7.69. The van der Waals surface area contributed by atoms with E-state index in [-0.39, 0.29) is 30.2 Å². The van der Waals surface area contributed by atoms with Crippen LogP contribution in [0.4, 0.5) is 10.5 Å². The van der Waals surface area contributed by atoms with E-state index in [1.165, 1.54) is 14.2 Å². The maximum Gasteiger partial charge on any atom is 0.349 e. The van der Waals surface area contributed by atoms with Crippen LogP contribution in [0.5, 0.6) is 0 Å². The van der Waals surface area contributed by atoms with Crippen molar-refractivity contribution in [3.8, 4) is 0 Å². The molecule has 0 radical (unpaired) electrons. The van der Waals surface area contributed by atoms with Gasteiger partial charge in [0.25, 0.3) is 0 Å². The number of methoxy groups -OCH3 is 1. The zero-order valence-corrected chi connectivity index (χ0v) is 14.2. The Balaban J connectivity index is 2.03. The fourth-order valence-corrected chi connectivity index (χ4v) is 2.51. The van der Waals surface area contributed by atoms with Crippen molar-refractivity contribution in [2.24, 2.45) is 10.9 Å². The molecular weight excluding hydrogens is 326 g/mol. The van der Waals surface area contributed by atoms with Gasteiger partial charge in [-0.25, -0.2) is 14.6 Å². The van der Waals surface area contributed by atoms with Crippen molar-refractivity contribution in [1.82, 2.24) is 4.90 Å². The average molecular weight is 345 g/mol. The number of aliphatic imine (C=N–C) groups is 1. The number of anilines is 1. The van der Waals surface area contributed by atoms with E-state index in [1.54, 1.807) is 31.2 Å². The molecule has 2 rings (SSSR count). The second kappa shape index (κ2) is 7.69. The summed E-state index contributed by atoms with van der Waals surface area (Å²) >= 11 is 0. The van der Waals surface area contributed by atoms with Crippen LogP contribution in [-0.4, -0.2) is 48.6 Å². The Bertz CT molecular complexity index is 756. The third kappa shape index (κ3) is 4.09. The van der Waals surface area contributed by atoms with Gasteiger partial charge in [0, 0.05) is 19.2 Å². The van der Waals surface area contributed by atoms with E-state index in [9.17, 15) is 19.2 Å². The molecule has 0 aromatic heterocycles. The van der Waals surface area contributed by atoms with E-state index in [1.807, 2.05) is 0 Å². The summed E-state index contributed by atoms with van der Waals surface area (Å²) in [7, 11) is 2.62. The number of esters is 1. The van der Waals surface area contributed by atoms with Crippen LogP contribution in [0.2, 0.25) is 0 Å². The monoisotopic (exact) mass is 345 g/mol. The molecule has 8 heteroatoms. The van der Waals surface area contributed by atoms with Gasteiger partial charge in [-0.15, -0.1) is 0 Å². The number of urea groups is 1. The summed E-state index contributed by atoms with van der Waals surface area (Å²) in [6.07, 6.45) is 0.263. The molecule has 1 aliphatic rings. The lowest BCUT2D eigenvalue weighted by atomic mass is 9.95. The molecule has 1 unspecified atom stereocenters. The maximum atomic E-state index is 12.2. The third-order valence-electron chi connectivity index (χ3n) is 3.96. The van der Waals surface area contributed by atoms with E-state index < -0.39 is 17.9 Å². The van der Waals surface area contributed by atoms with Crippen LogP contribution in [0.15, 0.2) is 29.3 Å². The maximum absolute atomic E-state index is 12.2. The van der Waals surface area contributed by atoms with Crippen LogP contribution in [0.3, 0.4) is 0 Å². The van der Waals surface area contributed by atoms with Crippen molar-refractivity contribution in [1.29, 1.82) is 0 Å². The predicted molar refractivity (Wildman–Crippen MR) is 90.4 cm³/mol. The highest BCUT2D eigenvalue weighted by Gasteiger charge is 2.33. The molecule has 25 heavy (non-hydrogen) atoms. The topological polar surface area (TPSA) is 105 Å². The molecule has 1 atom stereocenters. The van der Waals surface area contributed by atoms with Gasteiger partial charge in [0.15, 0.2) is 0 Å². The van der Waals surface area contributed by atoms with E-state index >= 15 is 0 Å². The van der Waals surface area contributed by atoms with Crippen molar-refractivity contribution >= 4 is 35.2 Å². The fourth-order valence-electron chi connectivity index (χ4n) is 2.51. The Labute approximate surface area is 144 Å². The van der Waals surface area contributed by atoms with Crippen molar-refractivity contribution in [2.75, 3.05) is 19.5 Å². The Morgan fingerprint density at radius 2 is 1.96 bits per heavy atom. The molecule has 0 saturated heterocycles. The molecule has 0 aliphatic carbocycles. The number of carbonyl (C=O) groups is 4. The molecule has 1 aliphatic heterocycles. The van der Waals surface area contributed by atoms with Gasteiger partial charge in [0.2, 0.25) is 11.8 Å². The smallest absolute Gasteiger partial charge is 0.349 e. The molecule has 0 spiro atoms. The first-order valence-corrected chi connectivity index (χ1v) is 7.69. The van der Waals surface area contributed by atoms with E-state index in [0.29, 0.717) is 11.4 Å². The number of benzene rings is 1. The summed E-state index contributed by atoms with van der Waals surface area (Å²) in [6, 6.07) is 5.88. The van der Waals surface area contributed by atoms with Gasteiger partial charge in [-0.1, -0.05) is 12.1 Å². The second-order valence-corrected chi connectivity index (χ2v) is 5.61. The summed E-state index contributed by atoms with van der Waals surface area (Å²) in [4.78, 5) is 52.2. The highest BCUT2D eigenvalue weighted by atomic mass is 16.5. The summed E-state index contributed by atoms with van der Waals surface area (Å²) in [6.45, 7) is 1.60. The minimum atomic E-state index is -0.607. The number of para-hydroxylation sites is 1. The summed E-state index contributed by atoms with van der Waals surface area (Å²) in [5.41, 5.74) is 0.984. The van der Waals surface area contributed by atoms with Gasteiger partial charge in [-0.3, -0.25) is 14.5 Å². The SMILES string of the molecule is COC(=O)c1ccccc1NC(=O)CCC1C(=O)N(C)C(=O)N=C1C. The highest BCUT2D eigenvalue weighted by Crippen LogP contribution is 2.20. The Morgan fingerprint density at radius 1 is 1.28 bits per heavy atom. The quantitative estimate of drug-likeness (QED) is 0.820. The third-order valence-corrected chi connectivity index (χ3v) is 3.96. The zero-order chi connectivity index (χ0) is 18.6. The summed E-state index contributed by atoms with van der Waals surface area (Å²) in [5, 5.41) is 2.64. The molecule has 1 aromatic carbocycles. The van der Waals surface area contributed by atoms with Crippen LogP contribution >= 0.6 is 0 Å². The number of hydrogen-bond donors (Lipinski definition) is 1. The molecule has 4 amide bonds. The number of hydrogen-bond acceptors (Lipinski definition) is 5. The van der Waals surface area contributed by atoms with Crippen LogP contribution in [0.1, 0.15) is 30.1 Å². The van der Waals surface area contributed by atoms with E-state index in [4.69, 9.17) is 0 Å². The fraction of sp³-hybridized carbons (Fsp3) is 0.353.